The van der Waals surface area contributed by atoms with E-state index in [0.717, 1.165) is 13.1 Å². The number of nitrogens with one attached hydrogen (secondary N) is 1. The van der Waals surface area contributed by atoms with Gasteiger partial charge in [-0.3, -0.25) is 19.8 Å². The third-order valence-electron chi connectivity index (χ3n) is 4.87. The van der Waals surface area contributed by atoms with E-state index in [0.29, 0.717) is 6.54 Å². The van der Waals surface area contributed by atoms with Gasteiger partial charge in [0.15, 0.2) is 12.4 Å². The Morgan fingerprint density at radius 1 is 1.18 bits per heavy atom. The molecule has 0 saturated carbocycles. The first-order chi connectivity index (χ1) is 13.6. The van der Waals surface area contributed by atoms with Gasteiger partial charge in [-0.1, -0.05) is 31.0 Å². The fourth-order valence-electron chi connectivity index (χ4n) is 3.43. The average Bonchev–Trinajstić information content (AvgIpc) is 3.09. The van der Waals surface area contributed by atoms with Crippen LogP contribution < -0.4 is 10.1 Å². The van der Waals surface area contributed by atoms with Gasteiger partial charge in [-0.15, -0.1) is 11.3 Å². The van der Waals surface area contributed by atoms with E-state index in [4.69, 9.17) is 4.74 Å². The van der Waals surface area contributed by atoms with Gasteiger partial charge < -0.3 is 10.1 Å². The highest BCUT2D eigenvalue weighted by molar-refractivity contribution is 7.10. The first kappa shape index (κ1) is 20.3. The molecule has 1 N–H and O–H groups in total. The molecular formula is C20H25N3O4S. The summed E-state index contributed by atoms with van der Waals surface area (Å²) in [6.07, 6.45) is 4.86. The van der Waals surface area contributed by atoms with E-state index in [1.807, 2.05) is 6.07 Å². The van der Waals surface area contributed by atoms with Crippen LogP contribution in [0.3, 0.4) is 0 Å². The summed E-state index contributed by atoms with van der Waals surface area (Å²) in [5.41, 5.74) is -0.142. The summed E-state index contributed by atoms with van der Waals surface area (Å²) in [5.74, 6) is -0.181. The first-order valence-electron chi connectivity index (χ1n) is 9.55. The average molecular weight is 404 g/mol. The van der Waals surface area contributed by atoms with Crippen LogP contribution in [0.2, 0.25) is 0 Å². The highest BCUT2D eigenvalue weighted by atomic mass is 32.1. The number of benzene rings is 1. The second kappa shape index (κ2) is 10.2. The van der Waals surface area contributed by atoms with E-state index >= 15 is 0 Å². The van der Waals surface area contributed by atoms with E-state index in [9.17, 15) is 14.9 Å². The number of amides is 1. The molecular weight excluding hydrogens is 378 g/mol. The molecule has 1 aliphatic rings. The second-order valence-electron chi connectivity index (χ2n) is 6.80. The zero-order chi connectivity index (χ0) is 19.8. The molecule has 1 unspecified atom stereocenters. The summed E-state index contributed by atoms with van der Waals surface area (Å²) in [4.78, 5) is 26.5. The van der Waals surface area contributed by atoms with Crippen molar-refractivity contribution >= 4 is 22.9 Å². The van der Waals surface area contributed by atoms with E-state index in [1.54, 1.807) is 23.5 Å². The third kappa shape index (κ3) is 5.53. The van der Waals surface area contributed by atoms with Crippen molar-refractivity contribution in [3.63, 3.8) is 0 Å². The maximum atomic E-state index is 12.3. The Morgan fingerprint density at radius 3 is 2.61 bits per heavy atom. The van der Waals surface area contributed by atoms with Gasteiger partial charge in [0.1, 0.15) is 0 Å². The van der Waals surface area contributed by atoms with Crippen molar-refractivity contribution in [3.8, 4) is 5.75 Å². The number of carbonyl (C=O) groups excluding carboxylic acids is 1. The van der Waals surface area contributed by atoms with Gasteiger partial charge in [0.05, 0.1) is 11.0 Å². The van der Waals surface area contributed by atoms with Gasteiger partial charge in [0, 0.05) is 17.5 Å². The SMILES string of the molecule is O=C(COc1ccccc1[N+](=O)[O-])NCC(c1cccs1)N1CCCCCC1. The zero-order valence-corrected chi connectivity index (χ0v) is 16.5. The molecule has 1 aromatic heterocycles. The maximum absolute atomic E-state index is 12.3. The van der Waals surface area contributed by atoms with Gasteiger partial charge in [0.2, 0.25) is 0 Å². The Hall–Kier alpha value is -2.45. The van der Waals surface area contributed by atoms with Crippen LogP contribution in [0.15, 0.2) is 41.8 Å². The molecule has 1 saturated heterocycles. The van der Waals surface area contributed by atoms with Crippen LogP contribution in [0.1, 0.15) is 36.6 Å². The molecule has 1 aromatic carbocycles. The molecule has 1 fully saturated rings. The van der Waals surface area contributed by atoms with Crippen molar-refractivity contribution in [2.45, 2.75) is 31.7 Å². The predicted molar refractivity (Wildman–Crippen MR) is 109 cm³/mol. The van der Waals surface area contributed by atoms with Gasteiger partial charge in [-0.25, -0.2) is 0 Å². The molecule has 0 aliphatic carbocycles. The molecule has 0 radical (unpaired) electrons. The summed E-state index contributed by atoms with van der Waals surface area (Å²) >= 11 is 1.70. The Labute approximate surface area is 168 Å². The molecule has 2 heterocycles. The number of nitro groups is 1. The monoisotopic (exact) mass is 403 g/mol. The van der Waals surface area contributed by atoms with E-state index in [2.05, 4.69) is 21.7 Å². The normalized spacial score (nSPS) is 16.1. The molecule has 0 bridgehead atoms. The Bertz CT molecular complexity index is 774. The van der Waals surface area contributed by atoms with Gasteiger partial charge in [-0.2, -0.15) is 0 Å². The van der Waals surface area contributed by atoms with Crippen molar-refractivity contribution in [1.29, 1.82) is 0 Å². The fourth-order valence-corrected chi connectivity index (χ4v) is 4.29. The van der Waals surface area contributed by atoms with Crippen molar-refractivity contribution in [1.82, 2.24) is 10.2 Å². The first-order valence-corrected chi connectivity index (χ1v) is 10.4. The molecule has 3 rings (SSSR count). The number of hydrogen-bond donors (Lipinski definition) is 1. The summed E-state index contributed by atoms with van der Waals surface area (Å²) in [5, 5.41) is 16.0. The van der Waals surface area contributed by atoms with E-state index in [-0.39, 0.29) is 30.0 Å². The summed E-state index contributed by atoms with van der Waals surface area (Å²) < 4.78 is 5.38. The van der Waals surface area contributed by atoms with Crippen molar-refractivity contribution < 1.29 is 14.5 Å². The lowest BCUT2D eigenvalue weighted by Crippen LogP contribution is -2.39. The molecule has 0 spiro atoms. The number of hydrogen-bond acceptors (Lipinski definition) is 6. The van der Waals surface area contributed by atoms with Crippen molar-refractivity contribution in [2.24, 2.45) is 0 Å². The van der Waals surface area contributed by atoms with Crippen LogP contribution >= 0.6 is 11.3 Å². The van der Waals surface area contributed by atoms with Crippen LogP contribution in [0.4, 0.5) is 5.69 Å². The Kier molecular flexibility index (Phi) is 7.39. The van der Waals surface area contributed by atoms with E-state index < -0.39 is 4.92 Å². The highest BCUT2D eigenvalue weighted by Gasteiger charge is 2.23. The number of para-hydroxylation sites is 2. The molecule has 150 valence electrons. The minimum atomic E-state index is -0.514. The maximum Gasteiger partial charge on any atom is 0.310 e. The lowest BCUT2D eigenvalue weighted by Gasteiger charge is -2.30. The number of likely N-dealkylation sites (tertiary alicyclic amines) is 1. The number of nitro benzene ring substituents is 1. The molecule has 1 amide bonds. The number of thiophene rings is 1. The van der Waals surface area contributed by atoms with Gasteiger partial charge in [-0.05, 0) is 43.4 Å². The predicted octanol–water partition coefficient (Wildman–Crippen LogP) is 3.77. The third-order valence-corrected chi connectivity index (χ3v) is 5.84. The molecule has 2 aromatic rings. The van der Waals surface area contributed by atoms with Crippen LogP contribution in [0, 0.1) is 10.1 Å². The molecule has 7 nitrogen and oxygen atoms in total. The van der Waals surface area contributed by atoms with Crippen molar-refractivity contribution in [2.75, 3.05) is 26.2 Å². The number of carbonyl (C=O) groups is 1. The van der Waals surface area contributed by atoms with Gasteiger partial charge >= 0.3 is 5.69 Å². The van der Waals surface area contributed by atoms with Crippen LogP contribution in [0.25, 0.3) is 0 Å². The standard InChI is InChI=1S/C20H25N3O4S/c24-20(15-27-18-9-4-3-8-16(18)23(25)26)21-14-17(19-10-7-13-28-19)22-11-5-1-2-6-12-22/h3-4,7-10,13,17H,1-2,5-6,11-12,14-15H2,(H,21,24). The van der Waals surface area contributed by atoms with Crippen molar-refractivity contribution in [3.05, 3.63) is 56.8 Å². The fraction of sp³-hybridized carbons (Fsp3) is 0.450. The largest absolute Gasteiger partial charge is 0.477 e. The Balaban J connectivity index is 1.57. The molecule has 8 heteroatoms. The zero-order valence-electron chi connectivity index (χ0n) is 15.7. The lowest BCUT2D eigenvalue weighted by molar-refractivity contribution is -0.385. The molecule has 1 aliphatic heterocycles. The van der Waals surface area contributed by atoms with Crippen LogP contribution in [-0.4, -0.2) is 42.0 Å². The second-order valence-corrected chi connectivity index (χ2v) is 7.78. The van der Waals surface area contributed by atoms with Crippen LogP contribution in [0.5, 0.6) is 5.75 Å². The lowest BCUT2D eigenvalue weighted by atomic mass is 10.2. The van der Waals surface area contributed by atoms with Crippen LogP contribution in [-0.2, 0) is 4.79 Å². The molecule has 1 atom stereocenters. The van der Waals surface area contributed by atoms with E-state index in [1.165, 1.54) is 42.7 Å². The summed E-state index contributed by atoms with van der Waals surface area (Å²) in [6.45, 7) is 2.32. The number of ether oxygens (including phenoxy) is 1. The van der Waals surface area contributed by atoms with Gasteiger partial charge in [0.25, 0.3) is 5.91 Å². The number of rotatable bonds is 8. The topological polar surface area (TPSA) is 84.7 Å². The smallest absolute Gasteiger partial charge is 0.310 e. The highest BCUT2D eigenvalue weighted by Crippen LogP contribution is 2.28. The minimum absolute atomic E-state index is 0.102. The summed E-state index contributed by atoms with van der Waals surface area (Å²) in [6, 6.07) is 10.4. The quantitative estimate of drug-likeness (QED) is 0.536. The summed E-state index contributed by atoms with van der Waals surface area (Å²) in [7, 11) is 0. The number of nitrogens with zero attached hydrogens (tertiary/aromatic N) is 2. The molecule has 28 heavy (non-hydrogen) atoms. The Morgan fingerprint density at radius 2 is 1.93 bits per heavy atom. The minimum Gasteiger partial charge on any atom is -0.477 e.